The zero-order chi connectivity index (χ0) is 50.3. The highest BCUT2D eigenvalue weighted by atomic mass is 32.5. The SMILES string of the molecule is CC(C)C(=O)Nc1nc2c(ncn2[C@@H]2S[C@H](CO)[C@@H](O[Si](C)(C)C(C)(C)C)[C@H]2OP(O)(=S)OC[C@H]2O[C@@H](n3cnc4c(NC(=O)c5ccccc5)ncnc43)[C@@H](F)[C@@H]2OC(=O)c2ccccc2)c(=O)[nH]1.N. The summed E-state index contributed by atoms with van der Waals surface area (Å²) in [6.07, 6.45) is -5.08. The number of aromatic amines is 1. The largest absolute Gasteiger partial charge is 0.453 e. The lowest BCUT2D eigenvalue weighted by Crippen LogP contribution is -2.50. The van der Waals surface area contributed by atoms with Gasteiger partial charge in [-0.2, -0.15) is 4.98 Å². The summed E-state index contributed by atoms with van der Waals surface area (Å²) in [7, 11) is -2.68. The minimum Gasteiger partial charge on any atom is -0.453 e. The topological polar surface area (TPSA) is 304 Å². The molecule has 0 saturated carbocycles. The fraction of sp³-hybridized carbons (Fsp3) is 0.432. The summed E-state index contributed by atoms with van der Waals surface area (Å²) in [5.74, 6) is -2.25. The van der Waals surface area contributed by atoms with Crippen molar-refractivity contribution in [2.75, 3.05) is 23.8 Å². The molecule has 2 fully saturated rings. The van der Waals surface area contributed by atoms with E-state index in [0.29, 0.717) is 5.56 Å². The van der Waals surface area contributed by atoms with E-state index >= 15 is 4.39 Å². The number of esters is 1. The minimum absolute atomic E-state index is 0. The third kappa shape index (κ3) is 11.3. The van der Waals surface area contributed by atoms with Crippen LogP contribution in [0.5, 0.6) is 0 Å². The second kappa shape index (κ2) is 21.4. The third-order valence-electron chi connectivity index (χ3n) is 12.3. The number of benzene rings is 2. The van der Waals surface area contributed by atoms with E-state index in [1.807, 2.05) is 33.9 Å². The van der Waals surface area contributed by atoms with Gasteiger partial charge in [-0.3, -0.25) is 38.3 Å². The predicted octanol–water partition coefficient (Wildman–Crippen LogP) is 6.04. The Morgan fingerprint density at radius 2 is 1.59 bits per heavy atom. The van der Waals surface area contributed by atoms with Gasteiger partial charge >= 0.3 is 12.7 Å². The fourth-order valence-corrected chi connectivity index (χ4v) is 11.9. The van der Waals surface area contributed by atoms with Gasteiger partial charge in [0.25, 0.3) is 11.5 Å². The number of hydrogen-bond acceptors (Lipinski definition) is 18. The first kappa shape index (κ1) is 53.4. The Morgan fingerprint density at radius 3 is 2.24 bits per heavy atom. The number of halogens is 1. The molecule has 1 unspecified atom stereocenters. The number of nitrogens with zero attached hydrogens (tertiary/aromatic N) is 7. The number of hydrogen-bond donors (Lipinski definition) is 6. The van der Waals surface area contributed by atoms with Gasteiger partial charge in [-0.05, 0) is 54.2 Å². The number of anilines is 2. The number of ether oxygens (including phenoxy) is 2. The summed E-state index contributed by atoms with van der Waals surface area (Å²) < 4.78 is 51.1. The number of H-pyrrole nitrogens is 1. The van der Waals surface area contributed by atoms with Crippen LogP contribution < -0.4 is 22.3 Å². The van der Waals surface area contributed by atoms with Crippen LogP contribution in [0.4, 0.5) is 16.2 Å². The van der Waals surface area contributed by atoms with Crippen LogP contribution in [0.25, 0.3) is 22.3 Å². The zero-order valence-corrected chi connectivity index (χ0v) is 43.2. The van der Waals surface area contributed by atoms with Gasteiger partial charge in [-0.1, -0.05) is 71.0 Å². The Balaban J connectivity index is 0.00000741. The first-order valence-electron chi connectivity index (χ1n) is 22.1. The van der Waals surface area contributed by atoms with Crippen LogP contribution in [0.15, 0.2) is 84.4 Å². The van der Waals surface area contributed by atoms with Crippen molar-refractivity contribution in [3.8, 4) is 0 Å². The molecule has 2 aliphatic heterocycles. The molecule has 2 amide bonds. The number of amides is 2. The molecule has 22 nitrogen and oxygen atoms in total. The van der Waals surface area contributed by atoms with Gasteiger partial charge in [0, 0.05) is 11.5 Å². The van der Waals surface area contributed by atoms with Crippen LogP contribution in [-0.2, 0) is 39.5 Å². The highest BCUT2D eigenvalue weighted by molar-refractivity contribution is 8.07. The maximum Gasteiger partial charge on any atom is 0.338 e. The number of rotatable bonds is 16. The van der Waals surface area contributed by atoms with Gasteiger partial charge in [-0.15, -0.1) is 11.8 Å². The number of nitrogens with one attached hydrogen (secondary N) is 3. The molecule has 8 N–H and O–H groups in total. The molecular formula is C44H55FN11O11PS2Si. The second-order valence-electron chi connectivity index (χ2n) is 18.4. The quantitative estimate of drug-likeness (QED) is 0.0365. The standard InChI is InChI=1S/C44H52FN10O11PS2Si.H3N/c1-23(2)37(57)52-43-51-36-30(39(59)53-43)49-22-55(36)41-33(32(27(18-56)69-41)66-70(6,7)44(3,4)5)65-67(61,68)62-19-26-31(64-42(60)25-16-12-9-13-17-25)28(45)40(63-26)54-21-48-29-34(46-20-47-35(29)54)50-38(58)24-14-10-8-11-15-24;/h8-17,20-23,26-28,31-33,40-41,56H,18-19H2,1-7H3,(H,61,68)(H,46,47,50,58)(H2,51,52,53,57,59);1H3/t26-,27-,28+,31-,32-,33-,40-,41-,67?;/m1./s1. The van der Waals surface area contributed by atoms with Crippen LogP contribution in [0.2, 0.25) is 18.1 Å². The lowest BCUT2D eigenvalue weighted by Gasteiger charge is -2.41. The van der Waals surface area contributed by atoms with Crippen molar-refractivity contribution in [3.63, 3.8) is 0 Å². The van der Waals surface area contributed by atoms with Crippen LogP contribution in [-0.4, -0.2) is 124 Å². The van der Waals surface area contributed by atoms with Crippen molar-refractivity contribution in [1.29, 1.82) is 0 Å². The van der Waals surface area contributed by atoms with Gasteiger partial charge in [-0.25, -0.2) is 29.1 Å². The van der Waals surface area contributed by atoms with Crippen LogP contribution in [0.1, 0.15) is 66.9 Å². The molecule has 8 rings (SSSR count). The molecule has 2 aliphatic rings. The first-order chi connectivity index (χ1) is 33.2. The predicted molar refractivity (Wildman–Crippen MR) is 268 cm³/mol. The van der Waals surface area contributed by atoms with Crippen molar-refractivity contribution in [3.05, 3.63) is 101 Å². The third-order valence-corrected chi connectivity index (χ3v) is 19.8. The molecule has 2 aromatic carbocycles. The summed E-state index contributed by atoms with van der Waals surface area (Å²) in [5, 5.41) is 14.2. The highest BCUT2D eigenvalue weighted by Crippen LogP contribution is 2.56. The number of aliphatic hydroxyl groups is 1. The van der Waals surface area contributed by atoms with E-state index in [1.165, 1.54) is 45.7 Å². The van der Waals surface area contributed by atoms with Crippen LogP contribution in [0.3, 0.4) is 0 Å². The van der Waals surface area contributed by atoms with E-state index in [0.717, 1.165) is 6.33 Å². The average Bonchev–Trinajstić information content (AvgIpc) is 4.10. The smallest absolute Gasteiger partial charge is 0.338 e. The number of imidazole rings is 2. The summed E-state index contributed by atoms with van der Waals surface area (Å²) in [6.45, 7) is 7.96. The number of carbonyl (C=O) groups excluding carboxylic acids is 3. The van der Waals surface area contributed by atoms with Gasteiger partial charge in [0.15, 0.2) is 55.0 Å². The number of aliphatic hydroxyl groups excluding tert-OH is 1. The van der Waals surface area contributed by atoms with Crippen LogP contribution >= 0.6 is 18.5 Å². The molecule has 9 atom stereocenters. The van der Waals surface area contributed by atoms with E-state index in [1.54, 1.807) is 62.4 Å². The number of thioether (sulfide) groups is 1. The maximum absolute atomic E-state index is 17.0. The maximum atomic E-state index is 17.0. The second-order valence-corrected chi connectivity index (χ2v) is 27.3. The lowest BCUT2D eigenvalue weighted by atomic mass is 10.1. The first-order valence-corrected chi connectivity index (χ1v) is 28.6. The van der Waals surface area contributed by atoms with Crippen LogP contribution in [0, 0.1) is 5.92 Å². The molecule has 6 aromatic rings. The fourth-order valence-electron chi connectivity index (χ4n) is 7.49. The molecule has 4 aromatic heterocycles. The van der Waals surface area contributed by atoms with Crippen molar-refractivity contribution in [2.45, 2.75) is 100 Å². The minimum atomic E-state index is -4.45. The van der Waals surface area contributed by atoms with Gasteiger partial charge in [0.2, 0.25) is 11.9 Å². The number of carbonyl (C=O) groups is 3. The van der Waals surface area contributed by atoms with E-state index < -0.39 is 105 Å². The van der Waals surface area contributed by atoms with Crippen molar-refractivity contribution < 1.29 is 51.7 Å². The molecule has 0 spiro atoms. The average molecular weight is 1060 g/mol. The normalized spacial score (nSPS) is 23.4. The molecular weight excluding hydrogens is 1000 g/mol. The number of fused-ring (bicyclic) bond motifs is 2. The van der Waals surface area contributed by atoms with E-state index in [4.69, 9.17) is 34.8 Å². The Labute approximate surface area is 416 Å². The Kier molecular flexibility index (Phi) is 16.1. The van der Waals surface area contributed by atoms with E-state index in [9.17, 15) is 29.2 Å². The number of alkyl halides is 1. The van der Waals surface area contributed by atoms with Crippen molar-refractivity contribution in [1.82, 2.24) is 45.2 Å². The molecule has 0 bridgehead atoms. The lowest BCUT2D eigenvalue weighted by molar-refractivity contribution is -0.118. The van der Waals surface area contributed by atoms with Gasteiger partial charge < -0.3 is 39.9 Å². The molecule has 0 radical (unpaired) electrons. The Morgan fingerprint density at radius 1 is 0.944 bits per heavy atom. The number of aromatic nitrogens is 8. The summed E-state index contributed by atoms with van der Waals surface area (Å²) in [4.78, 5) is 88.7. The molecule has 27 heteroatoms. The zero-order valence-electron chi connectivity index (χ0n) is 39.7. The molecule has 0 aliphatic carbocycles. The van der Waals surface area contributed by atoms with Crippen molar-refractivity contribution in [2.24, 2.45) is 5.92 Å². The summed E-state index contributed by atoms with van der Waals surface area (Å²) in [6, 6.07) is 16.3. The molecule has 71 heavy (non-hydrogen) atoms. The Hall–Kier alpha value is -5.38. The molecule has 6 heterocycles. The van der Waals surface area contributed by atoms with Gasteiger partial charge in [0.05, 0.1) is 42.8 Å². The summed E-state index contributed by atoms with van der Waals surface area (Å²) in [5.41, 5.74) is 0.0217. The molecule has 2 saturated heterocycles. The van der Waals surface area contributed by atoms with Crippen molar-refractivity contribution >= 4 is 90.5 Å². The Bertz CT molecular complexity index is 3000. The monoisotopic (exact) mass is 1060 g/mol. The van der Waals surface area contributed by atoms with E-state index in [2.05, 4.69) is 40.5 Å². The summed E-state index contributed by atoms with van der Waals surface area (Å²) >= 11 is 6.89. The van der Waals surface area contributed by atoms with E-state index in [-0.39, 0.29) is 50.8 Å². The molecule has 380 valence electrons. The highest BCUT2D eigenvalue weighted by Gasteiger charge is 2.54. The van der Waals surface area contributed by atoms with Gasteiger partial charge in [0.1, 0.15) is 23.9 Å².